The lowest BCUT2D eigenvalue weighted by atomic mass is 9.96. The zero-order chi connectivity index (χ0) is 12.2. The fourth-order valence-corrected chi connectivity index (χ4v) is 3.85. The van der Waals surface area contributed by atoms with Crippen molar-refractivity contribution in [1.29, 1.82) is 0 Å². The number of hydrogen-bond donors (Lipinski definition) is 2. The Kier molecular flexibility index (Phi) is 3.81. The van der Waals surface area contributed by atoms with Gasteiger partial charge in [-0.15, -0.1) is 11.3 Å². The van der Waals surface area contributed by atoms with Crippen molar-refractivity contribution in [1.82, 2.24) is 10.3 Å². The van der Waals surface area contributed by atoms with Crippen LogP contribution < -0.4 is 5.32 Å². The molecule has 0 aromatic carbocycles. The van der Waals surface area contributed by atoms with Crippen LogP contribution in [0.25, 0.3) is 0 Å². The molecule has 3 rings (SSSR count). The summed E-state index contributed by atoms with van der Waals surface area (Å²) >= 11 is 1.88. The van der Waals surface area contributed by atoms with Gasteiger partial charge in [0.05, 0.1) is 0 Å². The van der Waals surface area contributed by atoms with E-state index in [1.807, 2.05) is 17.5 Å². The molecule has 2 aromatic rings. The second-order valence-corrected chi connectivity index (χ2v) is 6.09. The molecule has 1 fully saturated rings. The highest BCUT2D eigenvalue weighted by Crippen LogP contribution is 2.37. The van der Waals surface area contributed by atoms with Crippen LogP contribution in [0, 0.1) is 5.92 Å². The van der Waals surface area contributed by atoms with Gasteiger partial charge in [-0.3, -0.25) is 0 Å². The molecule has 1 unspecified atom stereocenters. The van der Waals surface area contributed by atoms with Crippen LogP contribution in [0.3, 0.4) is 0 Å². The predicted octanol–water partition coefficient (Wildman–Crippen LogP) is 4.10. The molecule has 1 aliphatic carbocycles. The summed E-state index contributed by atoms with van der Waals surface area (Å²) in [4.78, 5) is 4.76. The summed E-state index contributed by atoms with van der Waals surface area (Å²) in [6.45, 7) is 0.937. The summed E-state index contributed by atoms with van der Waals surface area (Å²) in [5.74, 6) is 0.818. The maximum absolute atomic E-state index is 3.75. The number of aromatic nitrogens is 1. The van der Waals surface area contributed by atoms with Gasteiger partial charge in [-0.1, -0.05) is 18.9 Å². The van der Waals surface area contributed by atoms with Gasteiger partial charge in [0.15, 0.2) is 0 Å². The van der Waals surface area contributed by atoms with Crippen molar-refractivity contribution < 1.29 is 0 Å². The maximum atomic E-state index is 3.75. The summed E-state index contributed by atoms with van der Waals surface area (Å²) < 4.78 is 0. The van der Waals surface area contributed by atoms with Gasteiger partial charge < -0.3 is 10.3 Å². The second-order valence-electron chi connectivity index (χ2n) is 5.11. The molecule has 0 spiro atoms. The fourth-order valence-electron chi connectivity index (χ4n) is 2.96. The average Bonchev–Trinajstić information content (AvgIpc) is 3.14. The second kappa shape index (κ2) is 5.72. The summed E-state index contributed by atoms with van der Waals surface area (Å²) in [6, 6.07) is 9.18. The first-order valence-electron chi connectivity index (χ1n) is 6.82. The van der Waals surface area contributed by atoms with Crippen LogP contribution in [-0.2, 0) is 6.54 Å². The Morgan fingerprint density at radius 1 is 1.28 bits per heavy atom. The molecule has 2 aromatic heterocycles. The van der Waals surface area contributed by atoms with Gasteiger partial charge >= 0.3 is 0 Å². The molecule has 2 nitrogen and oxygen atoms in total. The van der Waals surface area contributed by atoms with E-state index < -0.39 is 0 Å². The maximum Gasteiger partial charge on any atom is 0.0446 e. The van der Waals surface area contributed by atoms with Gasteiger partial charge in [0.25, 0.3) is 0 Å². The highest BCUT2D eigenvalue weighted by molar-refractivity contribution is 7.10. The van der Waals surface area contributed by atoms with E-state index in [1.165, 1.54) is 36.3 Å². The Balaban J connectivity index is 1.69. The number of aromatic amines is 1. The van der Waals surface area contributed by atoms with Crippen molar-refractivity contribution in [3.8, 4) is 0 Å². The summed E-state index contributed by atoms with van der Waals surface area (Å²) in [7, 11) is 0. The predicted molar refractivity (Wildman–Crippen MR) is 76.7 cm³/mol. The van der Waals surface area contributed by atoms with Gasteiger partial charge in [-0.25, -0.2) is 0 Å². The normalized spacial score (nSPS) is 18.2. The largest absolute Gasteiger partial charge is 0.364 e. The minimum atomic E-state index is 0.538. The third-order valence-corrected chi connectivity index (χ3v) is 4.85. The van der Waals surface area contributed by atoms with Crippen LogP contribution in [0.5, 0.6) is 0 Å². The van der Waals surface area contributed by atoms with Crippen LogP contribution in [0.2, 0.25) is 0 Å². The Hall–Kier alpha value is -1.06. The van der Waals surface area contributed by atoms with Crippen molar-refractivity contribution in [3.05, 3.63) is 46.4 Å². The number of rotatable bonds is 5. The standard InChI is InChI=1S/C15H20N2S/c1-2-6-12(5-1)15(14-8-4-10-18-14)17-11-13-7-3-9-16-13/h3-4,7-10,12,15-17H,1-2,5-6,11H2. The molecule has 0 saturated heterocycles. The van der Waals surface area contributed by atoms with Crippen molar-refractivity contribution in [2.75, 3.05) is 0 Å². The van der Waals surface area contributed by atoms with Gasteiger partial charge in [0.1, 0.15) is 0 Å². The zero-order valence-electron chi connectivity index (χ0n) is 10.6. The third kappa shape index (κ3) is 2.68. The average molecular weight is 260 g/mol. The summed E-state index contributed by atoms with van der Waals surface area (Å²) in [6.07, 6.45) is 7.54. The summed E-state index contributed by atoms with van der Waals surface area (Å²) in [5, 5.41) is 5.93. The molecule has 3 heteroatoms. The SMILES string of the molecule is c1c[nH]c(CNC(c2cccs2)C2CCCC2)c1. The Morgan fingerprint density at radius 2 is 2.17 bits per heavy atom. The minimum Gasteiger partial charge on any atom is -0.364 e. The molecule has 1 aliphatic rings. The minimum absolute atomic E-state index is 0.538. The van der Waals surface area contributed by atoms with Crippen LogP contribution in [0.1, 0.15) is 42.3 Å². The molecular weight excluding hydrogens is 240 g/mol. The number of hydrogen-bond acceptors (Lipinski definition) is 2. The Morgan fingerprint density at radius 3 is 2.83 bits per heavy atom. The zero-order valence-corrected chi connectivity index (χ0v) is 11.4. The van der Waals surface area contributed by atoms with Gasteiger partial charge in [-0.2, -0.15) is 0 Å². The smallest absolute Gasteiger partial charge is 0.0446 e. The van der Waals surface area contributed by atoms with E-state index >= 15 is 0 Å². The molecule has 1 atom stereocenters. The quantitative estimate of drug-likeness (QED) is 0.832. The molecule has 2 heterocycles. The van der Waals surface area contributed by atoms with E-state index in [0.717, 1.165) is 12.5 Å². The molecule has 0 radical (unpaired) electrons. The van der Waals surface area contributed by atoms with Crippen molar-refractivity contribution in [3.63, 3.8) is 0 Å². The third-order valence-electron chi connectivity index (χ3n) is 3.90. The lowest BCUT2D eigenvalue weighted by molar-refractivity contribution is 0.369. The molecule has 0 bridgehead atoms. The van der Waals surface area contributed by atoms with E-state index in [1.54, 1.807) is 0 Å². The number of nitrogens with one attached hydrogen (secondary N) is 2. The summed E-state index contributed by atoms with van der Waals surface area (Å²) in [5.41, 5.74) is 1.27. The molecule has 96 valence electrons. The van der Waals surface area contributed by atoms with Crippen LogP contribution in [-0.4, -0.2) is 4.98 Å². The van der Waals surface area contributed by atoms with Crippen LogP contribution in [0.4, 0.5) is 0 Å². The molecule has 1 saturated carbocycles. The first-order chi connectivity index (χ1) is 8.93. The van der Waals surface area contributed by atoms with Crippen molar-refractivity contribution in [2.45, 2.75) is 38.3 Å². The fraction of sp³-hybridized carbons (Fsp3) is 0.467. The van der Waals surface area contributed by atoms with Crippen LogP contribution in [0.15, 0.2) is 35.8 Å². The van der Waals surface area contributed by atoms with E-state index in [0.29, 0.717) is 6.04 Å². The first-order valence-corrected chi connectivity index (χ1v) is 7.70. The van der Waals surface area contributed by atoms with Gasteiger partial charge in [0.2, 0.25) is 0 Å². The van der Waals surface area contributed by atoms with Gasteiger partial charge in [-0.05, 0) is 42.3 Å². The first kappa shape index (κ1) is 12.0. The lowest BCUT2D eigenvalue weighted by Gasteiger charge is -2.23. The topological polar surface area (TPSA) is 27.8 Å². The lowest BCUT2D eigenvalue weighted by Crippen LogP contribution is -2.26. The highest BCUT2D eigenvalue weighted by atomic mass is 32.1. The number of thiophene rings is 1. The molecule has 18 heavy (non-hydrogen) atoms. The van der Waals surface area contributed by atoms with E-state index in [9.17, 15) is 0 Å². The Bertz CT molecular complexity index is 441. The number of H-pyrrole nitrogens is 1. The van der Waals surface area contributed by atoms with Crippen molar-refractivity contribution >= 4 is 11.3 Å². The van der Waals surface area contributed by atoms with E-state index in [4.69, 9.17) is 0 Å². The van der Waals surface area contributed by atoms with E-state index in [-0.39, 0.29) is 0 Å². The molecule has 0 aliphatic heterocycles. The van der Waals surface area contributed by atoms with Crippen LogP contribution >= 0.6 is 11.3 Å². The molecular formula is C15H20N2S. The Labute approximate surface area is 112 Å². The highest BCUT2D eigenvalue weighted by Gasteiger charge is 2.26. The molecule has 0 amide bonds. The van der Waals surface area contributed by atoms with E-state index in [2.05, 4.69) is 39.9 Å². The monoisotopic (exact) mass is 260 g/mol. The van der Waals surface area contributed by atoms with Gasteiger partial charge in [0, 0.05) is 29.4 Å². The molecule has 2 N–H and O–H groups in total. The van der Waals surface area contributed by atoms with Crippen molar-refractivity contribution in [2.24, 2.45) is 5.92 Å².